The average molecular weight is 415 g/mol. The minimum Gasteiger partial charge on any atom is -0.356 e. The highest BCUT2D eigenvalue weighted by Crippen LogP contribution is 2.21. The van der Waals surface area contributed by atoms with Crippen molar-refractivity contribution in [2.24, 2.45) is 16.8 Å². The Bertz CT molecular complexity index is 718. The maximum atomic E-state index is 12.8. The number of carbonyl (C=O) groups is 1. The third kappa shape index (κ3) is 6.17. The van der Waals surface area contributed by atoms with Crippen molar-refractivity contribution in [2.45, 2.75) is 33.6 Å². The van der Waals surface area contributed by atoms with E-state index in [2.05, 4.69) is 56.8 Å². The molecule has 0 radical (unpaired) electrons. The van der Waals surface area contributed by atoms with Crippen molar-refractivity contribution < 1.29 is 4.79 Å². The van der Waals surface area contributed by atoms with Gasteiger partial charge in [0.2, 0.25) is 5.91 Å². The quantitative estimate of drug-likeness (QED) is 0.586. The van der Waals surface area contributed by atoms with Crippen LogP contribution in [0.4, 0.5) is 0 Å². The van der Waals surface area contributed by atoms with Crippen LogP contribution >= 0.6 is 0 Å². The second kappa shape index (κ2) is 10.8. The van der Waals surface area contributed by atoms with Gasteiger partial charge in [0, 0.05) is 65.3 Å². The highest BCUT2D eigenvalue weighted by molar-refractivity contribution is 5.80. The molecule has 2 unspecified atom stereocenters. The lowest BCUT2D eigenvalue weighted by atomic mass is 9.92. The molecule has 2 aliphatic rings. The van der Waals surface area contributed by atoms with Gasteiger partial charge in [-0.1, -0.05) is 13.8 Å². The number of hydrogen-bond donors (Lipinski definition) is 1. The summed E-state index contributed by atoms with van der Waals surface area (Å²) in [5.74, 6) is 2.46. The van der Waals surface area contributed by atoms with E-state index >= 15 is 0 Å². The smallest absolute Gasteiger partial charge is 0.236 e. The van der Waals surface area contributed by atoms with Gasteiger partial charge in [-0.2, -0.15) is 0 Å². The third-order valence-electron chi connectivity index (χ3n) is 6.28. The van der Waals surface area contributed by atoms with E-state index in [1.165, 1.54) is 17.5 Å². The van der Waals surface area contributed by atoms with E-state index in [9.17, 15) is 4.79 Å². The fraction of sp³-hybridized carbons (Fsp3) is 0.696. The number of aryl methyl sites for hydroxylation is 1. The van der Waals surface area contributed by atoms with E-state index in [4.69, 9.17) is 0 Å². The molecule has 0 aliphatic carbocycles. The lowest BCUT2D eigenvalue weighted by molar-refractivity contribution is -0.135. The largest absolute Gasteiger partial charge is 0.356 e. The van der Waals surface area contributed by atoms with Crippen molar-refractivity contribution >= 4 is 11.9 Å². The van der Waals surface area contributed by atoms with Gasteiger partial charge in [0.1, 0.15) is 0 Å². The number of guanidine groups is 1. The molecule has 0 saturated carbocycles. The lowest BCUT2D eigenvalue weighted by Crippen LogP contribution is -2.55. The van der Waals surface area contributed by atoms with Crippen molar-refractivity contribution in [1.82, 2.24) is 25.0 Å². The van der Waals surface area contributed by atoms with Crippen molar-refractivity contribution in [1.29, 1.82) is 0 Å². The summed E-state index contributed by atoms with van der Waals surface area (Å²) in [4.78, 5) is 28.0. The van der Waals surface area contributed by atoms with E-state index in [0.717, 1.165) is 58.2 Å². The second-order valence-corrected chi connectivity index (χ2v) is 9.03. The fourth-order valence-electron chi connectivity index (χ4n) is 4.70. The Labute approximate surface area is 181 Å². The van der Waals surface area contributed by atoms with Gasteiger partial charge in [0.15, 0.2) is 5.96 Å². The normalized spacial score (nSPS) is 23.5. The second-order valence-electron chi connectivity index (χ2n) is 9.03. The number of aromatic nitrogens is 1. The highest BCUT2D eigenvalue weighted by atomic mass is 16.2. The van der Waals surface area contributed by atoms with Gasteiger partial charge in [-0.25, -0.2) is 0 Å². The molecule has 1 aromatic heterocycles. The molecule has 30 heavy (non-hydrogen) atoms. The summed E-state index contributed by atoms with van der Waals surface area (Å²) in [6.07, 6.45) is 5.95. The molecule has 2 aliphatic heterocycles. The van der Waals surface area contributed by atoms with E-state index in [-0.39, 0.29) is 5.91 Å². The molecule has 2 fully saturated rings. The zero-order valence-corrected chi connectivity index (χ0v) is 19.1. The van der Waals surface area contributed by atoms with E-state index in [1.807, 2.05) is 19.4 Å². The van der Waals surface area contributed by atoms with Crippen LogP contribution in [0.5, 0.6) is 0 Å². The van der Waals surface area contributed by atoms with Crippen LogP contribution < -0.4 is 5.32 Å². The van der Waals surface area contributed by atoms with Crippen LogP contribution in [0.15, 0.2) is 23.5 Å². The number of nitrogens with zero attached hydrogens (tertiary/aromatic N) is 5. The number of piperidine rings is 1. The van der Waals surface area contributed by atoms with Crippen LogP contribution in [-0.4, -0.2) is 91.0 Å². The van der Waals surface area contributed by atoms with Gasteiger partial charge in [-0.3, -0.25) is 19.7 Å². The summed E-state index contributed by atoms with van der Waals surface area (Å²) in [5, 5.41) is 3.49. The molecule has 1 amide bonds. The van der Waals surface area contributed by atoms with Crippen molar-refractivity contribution in [2.75, 3.05) is 59.4 Å². The van der Waals surface area contributed by atoms with Gasteiger partial charge in [0.25, 0.3) is 0 Å². The van der Waals surface area contributed by atoms with E-state index < -0.39 is 0 Å². The summed E-state index contributed by atoms with van der Waals surface area (Å²) in [6, 6.07) is 2.08. The maximum absolute atomic E-state index is 12.8. The van der Waals surface area contributed by atoms with E-state index in [1.54, 1.807) is 0 Å². The number of amides is 1. The third-order valence-corrected chi connectivity index (χ3v) is 6.28. The Morgan fingerprint density at radius 3 is 2.50 bits per heavy atom. The molecule has 7 heteroatoms. The predicted molar refractivity (Wildman–Crippen MR) is 122 cm³/mol. The van der Waals surface area contributed by atoms with Crippen LogP contribution in [0.25, 0.3) is 0 Å². The minimum absolute atomic E-state index is 0.289. The molecule has 1 aromatic rings. The Kier molecular flexibility index (Phi) is 8.08. The first kappa shape index (κ1) is 22.5. The first-order chi connectivity index (χ1) is 14.5. The first-order valence-corrected chi connectivity index (χ1v) is 11.3. The number of rotatable bonds is 5. The first-order valence-electron chi connectivity index (χ1n) is 11.3. The molecule has 0 bridgehead atoms. The predicted octanol–water partition coefficient (Wildman–Crippen LogP) is 1.63. The topological polar surface area (TPSA) is 64.1 Å². The number of aliphatic imine (C=N–C) groups is 1. The molecule has 0 spiro atoms. The van der Waals surface area contributed by atoms with Gasteiger partial charge < -0.3 is 15.1 Å². The van der Waals surface area contributed by atoms with Crippen molar-refractivity contribution in [3.05, 3.63) is 29.6 Å². The molecule has 7 nitrogen and oxygen atoms in total. The molecular weight excluding hydrogens is 376 g/mol. The number of nitrogens with one attached hydrogen (secondary N) is 1. The molecule has 2 saturated heterocycles. The monoisotopic (exact) mass is 414 g/mol. The molecule has 1 N–H and O–H groups in total. The zero-order chi connectivity index (χ0) is 21.5. The average Bonchev–Trinajstić information content (AvgIpc) is 2.72. The highest BCUT2D eigenvalue weighted by Gasteiger charge is 2.28. The number of piperazine rings is 1. The number of carbonyl (C=O) groups excluding carboxylic acids is 1. The molecule has 3 heterocycles. The molecule has 3 rings (SSSR count). The Morgan fingerprint density at radius 2 is 1.87 bits per heavy atom. The number of hydrogen-bond acceptors (Lipinski definition) is 4. The number of pyridine rings is 1. The van der Waals surface area contributed by atoms with Gasteiger partial charge >= 0.3 is 0 Å². The standard InChI is InChI=1S/C23H38N6O/c1-18-13-19(2)16-29(15-18)22(30)17-27-9-11-28(12-10-27)23(24-4)26-8-6-21-5-7-25-14-20(21)3/h5,7,14,18-19H,6,8-13,15-17H2,1-4H3,(H,24,26). The Morgan fingerprint density at radius 1 is 1.17 bits per heavy atom. The minimum atomic E-state index is 0.289. The summed E-state index contributed by atoms with van der Waals surface area (Å²) in [6.45, 7) is 13.4. The van der Waals surface area contributed by atoms with Gasteiger partial charge in [-0.15, -0.1) is 0 Å². The van der Waals surface area contributed by atoms with Crippen LogP contribution in [0, 0.1) is 18.8 Å². The van der Waals surface area contributed by atoms with Crippen LogP contribution in [0.1, 0.15) is 31.4 Å². The molecule has 2 atom stereocenters. The molecule has 0 aromatic carbocycles. The summed E-state index contributed by atoms with van der Waals surface area (Å²) < 4.78 is 0. The van der Waals surface area contributed by atoms with Gasteiger partial charge in [0.05, 0.1) is 6.54 Å². The van der Waals surface area contributed by atoms with Crippen LogP contribution in [0.3, 0.4) is 0 Å². The lowest BCUT2D eigenvalue weighted by Gasteiger charge is -2.39. The summed E-state index contributed by atoms with van der Waals surface area (Å²) in [5.41, 5.74) is 2.54. The zero-order valence-electron chi connectivity index (χ0n) is 19.1. The number of likely N-dealkylation sites (tertiary alicyclic amines) is 1. The van der Waals surface area contributed by atoms with Crippen LogP contribution in [0.2, 0.25) is 0 Å². The van der Waals surface area contributed by atoms with Crippen molar-refractivity contribution in [3.63, 3.8) is 0 Å². The Balaban J connectivity index is 1.41. The molecular formula is C23H38N6O. The Hall–Kier alpha value is -2.15. The van der Waals surface area contributed by atoms with E-state index in [0.29, 0.717) is 18.4 Å². The van der Waals surface area contributed by atoms with Crippen LogP contribution in [-0.2, 0) is 11.2 Å². The summed E-state index contributed by atoms with van der Waals surface area (Å²) >= 11 is 0. The fourth-order valence-corrected chi connectivity index (χ4v) is 4.70. The van der Waals surface area contributed by atoms with Gasteiger partial charge in [-0.05, 0) is 48.8 Å². The summed E-state index contributed by atoms with van der Waals surface area (Å²) in [7, 11) is 1.84. The SMILES string of the molecule is CN=C(NCCc1ccncc1C)N1CCN(CC(=O)N2CC(C)CC(C)C2)CC1. The molecule has 166 valence electrons. The van der Waals surface area contributed by atoms with Crippen molar-refractivity contribution in [3.8, 4) is 0 Å². The maximum Gasteiger partial charge on any atom is 0.236 e.